The maximum absolute atomic E-state index is 10.0. The van der Waals surface area contributed by atoms with Gasteiger partial charge < -0.3 is 10.8 Å². The molecule has 1 unspecified atom stereocenters. The summed E-state index contributed by atoms with van der Waals surface area (Å²) in [6.07, 6.45) is 0.668. The quantitative estimate of drug-likeness (QED) is 0.362. The summed E-state index contributed by atoms with van der Waals surface area (Å²) in [6, 6.07) is 16.2. The van der Waals surface area contributed by atoms with Gasteiger partial charge in [-0.2, -0.15) is 5.26 Å². The Bertz CT molecular complexity index is 1060. The van der Waals surface area contributed by atoms with Gasteiger partial charge in [0.25, 0.3) is 0 Å². The van der Waals surface area contributed by atoms with Crippen LogP contribution in [-0.4, -0.2) is 11.7 Å². The van der Waals surface area contributed by atoms with Crippen LogP contribution >= 0.6 is 0 Å². The number of hydrogen-bond donors (Lipinski definition) is 2. The molecule has 0 heterocycles. The van der Waals surface area contributed by atoms with E-state index in [9.17, 15) is 10.4 Å². The van der Waals surface area contributed by atoms with Crippen molar-refractivity contribution in [3.63, 3.8) is 0 Å². The molecule has 2 rings (SSSR count). The van der Waals surface area contributed by atoms with E-state index in [1.807, 2.05) is 58.9 Å². The van der Waals surface area contributed by atoms with Crippen LogP contribution in [0.1, 0.15) is 62.4 Å². The summed E-state index contributed by atoms with van der Waals surface area (Å²) in [5, 5.41) is 19.4. The van der Waals surface area contributed by atoms with Gasteiger partial charge in [-0.3, -0.25) is 0 Å². The highest BCUT2D eigenvalue weighted by Gasteiger charge is 2.19. The number of nitriles is 1. The molecule has 2 aromatic carbocycles. The lowest BCUT2D eigenvalue weighted by molar-refractivity contribution is 0.416. The van der Waals surface area contributed by atoms with Crippen LogP contribution in [0.4, 0.5) is 0 Å². The largest absolute Gasteiger partial charge is 0.508 e. The number of aliphatic hydroxyl groups excluding tert-OH is 1. The molecule has 3 N–H and O–H groups in total. The fourth-order valence-corrected chi connectivity index (χ4v) is 3.71. The molecular weight excluding hydrogens is 392 g/mol. The molecule has 0 bridgehead atoms. The first-order valence-corrected chi connectivity index (χ1v) is 10.8. The van der Waals surface area contributed by atoms with Gasteiger partial charge >= 0.3 is 0 Å². The number of nitrogens with zero attached hydrogens (tertiary/aromatic N) is 1. The molecule has 0 amide bonds. The van der Waals surface area contributed by atoms with E-state index in [0.717, 1.165) is 51.1 Å². The van der Waals surface area contributed by atoms with Crippen molar-refractivity contribution in [3.8, 4) is 6.07 Å². The van der Waals surface area contributed by atoms with Crippen LogP contribution in [-0.2, 0) is 6.42 Å². The van der Waals surface area contributed by atoms with Gasteiger partial charge in [-0.15, -0.1) is 0 Å². The molecule has 0 aliphatic rings. The van der Waals surface area contributed by atoms with Crippen molar-refractivity contribution < 1.29 is 5.11 Å². The highest BCUT2D eigenvalue weighted by molar-refractivity contribution is 5.74. The van der Waals surface area contributed by atoms with E-state index in [1.54, 1.807) is 0 Å². The van der Waals surface area contributed by atoms with E-state index in [-0.39, 0.29) is 11.7 Å². The molecule has 0 aromatic heterocycles. The molecule has 2 aromatic rings. The Morgan fingerprint density at radius 3 is 2.16 bits per heavy atom. The van der Waals surface area contributed by atoms with E-state index < -0.39 is 0 Å². The lowest BCUT2D eigenvalue weighted by Gasteiger charge is -2.21. The van der Waals surface area contributed by atoms with Gasteiger partial charge in [-0.05, 0) is 79.3 Å². The second kappa shape index (κ2) is 12.5. The zero-order valence-corrected chi connectivity index (χ0v) is 20.1. The van der Waals surface area contributed by atoms with Gasteiger partial charge in [0.2, 0.25) is 0 Å². The molecule has 0 aliphatic heterocycles. The Balaban J connectivity index is 0.00000161. The highest BCUT2D eigenvalue weighted by Crippen LogP contribution is 2.34. The summed E-state index contributed by atoms with van der Waals surface area (Å²) in [6.45, 7) is 22.8. The Hall–Kier alpha value is -3.35. The number of benzene rings is 2. The summed E-state index contributed by atoms with van der Waals surface area (Å²) in [5.74, 6) is 0.0316. The van der Waals surface area contributed by atoms with Crippen molar-refractivity contribution in [1.29, 1.82) is 5.26 Å². The predicted molar refractivity (Wildman–Crippen MR) is 138 cm³/mol. The van der Waals surface area contributed by atoms with Crippen LogP contribution in [0.5, 0.6) is 0 Å². The minimum absolute atomic E-state index is 0.0550. The SMILES string of the molecule is C=C(O)C(=C(C)C)C(C)C(=C)c1ccc(Cc2ccccc2C#N)c(C(=C)C)c1.CCN. The Morgan fingerprint density at radius 1 is 1.06 bits per heavy atom. The summed E-state index contributed by atoms with van der Waals surface area (Å²) >= 11 is 0. The van der Waals surface area contributed by atoms with Crippen molar-refractivity contribution in [1.82, 2.24) is 0 Å². The van der Waals surface area contributed by atoms with Crippen molar-refractivity contribution in [2.45, 2.75) is 41.0 Å². The third kappa shape index (κ3) is 6.83. The van der Waals surface area contributed by atoms with Crippen molar-refractivity contribution >= 4 is 11.1 Å². The first-order valence-electron chi connectivity index (χ1n) is 10.8. The van der Waals surface area contributed by atoms with Crippen LogP contribution < -0.4 is 5.73 Å². The molecule has 0 aliphatic carbocycles. The van der Waals surface area contributed by atoms with Gasteiger partial charge in [0.15, 0.2) is 0 Å². The van der Waals surface area contributed by atoms with Gasteiger partial charge in [-0.1, -0.05) is 75.1 Å². The molecule has 0 saturated carbocycles. The second-order valence-electron chi connectivity index (χ2n) is 8.11. The average molecular weight is 429 g/mol. The Kier molecular flexibility index (Phi) is 10.4. The number of aliphatic hydroxyl groups is 1. The fraction of sp³-hybridized carbons (Fsp3) is 0.276. The molecule has 1 atom stereocenters. The summed E-state index contributed by atoms with van der Waals surface area (Å²) in [4.78, 5) is 0. The summed E-state index contributed by atoms with van der Waals surface area (Å²) in [7, 11) is 0. The van der Waals surface area contributed by atoms with Crippen LogP contribution in [0.25, 0.3) is 11.1 Å². The zero-order chi connectivity index (χ0) is 24.4. The fourth-order valence-electron chi connectivity index (χ4n) is 3.71. The van der Waals surface area contributed by atoms with Crippen LogP contribution in [0, 0.1) is 17.2 Å². The molecule has 0 saturated heterocycles. The Labute approximate surface area is 193 Å². The maximum atomic E-state index is 10.0. The van der Waals surface area contributed by atoms with Crippen molar-refractivity contribution in [2.24, 2.45) is 11.7 Å². The topological polar surface area (TPSA) is 70.0 Å². The van der Waals surface area contributed by atoms with Crippen LogP contribution in [0.3, 0.4) is 0 Å². The Morgan fingerprint density at radius 2 is 1.66 bits per heavy atom. The highest BCUT2D eigenvalue weighted by atomic mass is 16.3. The first kappa shape index (κ1) is 26.7. The van der Waals surface area contributed by atoms with E-state index in [0.29, 0.717) is 12.0 Å². The number of allylic oxidation sites excluding steroid dienone is 4. The van der Waals surface area contributed by atoms with E-state index >= 15 is 0 Å². The van der Waals surface area contributed by atoms with Crippen LogP contribution in [0.2, 0.25) is 0 Å². The number of hydrogen-bond acceptors (Lipinski definition) is 3. The second-order valence-corrected chi connectivity index (χ2v) is 8.11. The van der Waals surface area contributed by atoms with Crippen LogP contribution in [0.15, 0.2) is 79.1 Å². The smallest absolute Gasteiger partial charge is 0.112 e. The average Bonchev–Trinajstić information content (AvgIpc) is 2.73. The minimum Gasteiger partial charge on any atom is -0.508 e. The maximum Gasteiger partial charge on any atom is 0.112 e. The molecule has 0 spiro atoms. The molecule has 0 radical (unpaired) electrons. The minimum atomic E-state index is -0.0550. The molecule has 3 nitrogen and oxygen atoms in total. The van der Waals surface area contributed by atoms with Gasteiger partial charge in [0.1, 0.15) is 5.76 Å². The van der Waals surface area contributed by atoms with E-state index in [1.165, 1.54) is 0 Å². The first-order chi connectivity index (χ1) is 15.1. The molecule has 3 heteroatoms. The van der Waals surface area contributed by atoms with Gasteiger partial charge in [-0.25, -0.2) is 0 Å². The monoisotopic (exact) mass is 428 g/mol. The molecule has 0 fully saturated rings. The third-order valence-corrected chi connectivity index (χ3v) is 5.26. The van der Waals surface area contributed by atoms with E-state index in [2.05, 4.69) is 44.0 Å². The number of rotatable bonds is 7. The molecular formula is C29H36N2O. The van der Waals surface area contributed by atoms with Crippen molar-refractivity contribution in [3.05, 3.63) is 107 Å². The number of nitrogens with two attached hydrogens (primary N) is 1. The third-order valence-electron chi connectivity index (χ3n) is 5.26. The zero-order valence-electron chi connectivity index (χ0n) is 20.1. The van der Waals surface area contributed by atoms with Crippen molar-refractivity contribution in [2.75, 3.05) is 6.54 Å². The summed E-state index contributed by atoms with van der Waals surface area (Å²) in [5.41, 5.74) is 13.5. The predicted octanol–water partition coefficient (Wildman–Crippen LogP) is 7.20. The van der Waals surface area contributed by atoms with E-state index in [4.69, 9.17) is 5.73 Å². The lowest BCUT2D eigenvalue weighted by Crippen LogP contribution is -2.07. The molecule has 32 heavy (non-hydrogen) atoms. The normalized spacial score (nSPS) is 10.8. The van der Waals surface area contributed by atoms with Gasteiger partial charge in [0.05, 0.1) is 11.6 Å². The van der Waals surface area contributed by atoms with Gasteiger partial charge in [0, 0.05) is 5.92 Å². The standard InChI is InChI=1S/C27H29NO.C2H7N/c1-17(2)26-15-22(19(5)20(6)27(18(3)4)21(7)29)12-13-24(26)14-23-10-8-9-11-25(23)16-28;1-2-3/h8-13,15,20,29H,1,5,7,14H2,2-4,6H3;2-3H2,1H3. The lowest BCUT2D eigenvalue weighted by atomic mass is 9.84. The summed E-state index contributed by atoms with van der Waals surface area (Å²) < 4.78 is 0. The molecule has 168 valence electrons.